The van der Waals surface area contributed by atoms with Crippen molar-refractivity contribution in [1.29, 1.82) is 0 Å². The molecule has 1 saturated heterocycles. The topological polar surface area (TPSA) is 103 Å². The number of imide groups is 2. The molecule has 0 aromatic heterocycles. The van der Waals surface area contributed by atoms with Crippen LogP contribution in [0.15, 0.2) is 64.6 Å². The second-order valence-corrected chi connectivity index (χ2v) is 8.80. The van der Waals surface area contributed by atoms with Gasteiger partial charge in [-0.15, -0.1) is 0 Å². The molecule has 3 aromatic rings. The molecule has 0 saturated carbocycles. The van der Waals surface area contributed by atoms with Crippen molar-refractivity contribution in [2.45, 2.75) is 6.61 Å². The van der Waals surface area contributed by atoms with Crippen molar-refractivity contribution in [2.75, 3.05) is 18.8 Å². The van der Waals surface area contributed by atoms with E-state index in [-0.39, 0.29) is 30.5 Å². The van der Waals surface area contributed by atoms with Crippen molar-refractivity contribution in [1.82, 2.24) is 5.32 Å². The van der Waals surface area contributed by atoms with Crippen molar-refractivity contribution in [3.8, 4) is 23.0 Å². The van der Waals surface area contributed by atoms with Crippen LogP contribution in [0.5, 0.6) is 23.0 Å². The van der Waals surface area contributed by atoms with E-state index in [0.717, 1.165) is 10.5 Å². The average molecular weight is 569 g/mol. The highest BCUT2D eigenvalue weighted by Crippen LogP contribution is 2.39. The Bertz CT molecular complexity index is 1460. The molecule has 0 unspecified atom stereocenters. The summed E-state index contributed by atoms with van der Waals surface area (Å²) in [4.78, 5) is 39.2. The molecule has 0 spiro atoms. The first-order valence-corrected chi connectivity index (χ1v) is 11.7. The number of amides is 4. The largest absolute Gasteiger partial charge is 0.493 e. The minimum Gasteiger partial charge on any atom is -0.493 e. The van der Waals surface area contributed by atoms with Crippen LogP contribution in [0.2, 0.25) is 0 Å². The van der Waals surface area contributed by atoms with E-state index >= 15 is 0 Å². The summed E-state index contributed by atoms with van der Waals surface area (Å²) < 4.78 is 35.6. The molecule has 1 fully saturated rings. The third kappa shape index (κ3) is 4.85. The smallest absolute Gasteiger partial charge is 0.335 e. The molecule has 5 rings (SSSR count). The van der Waals surface area contributed by atoms with E-state index < -0.39 is 17.8 Å². The quantitative estimate of drug-likeness (QED) is 0.343. The highest BCUT2D eigenvalue weighted by Gasteiger charge is 2.37. The minimum atomic E-state index is -0.880. The fourth-order valence-corrected chi connectivity index (χ4v) is 4.36. The van der Waals surface area contributed by atoms with Crippen molar-refractivity contribution in [3.63, 3.8) is 0 Å². The van der Waals surface area contributed by atoms with Crippen LogP contribution in [0.3, 0.4) is 0 Å². The lowest BCUT2D eigenvalue weighted by atomic mass is 10.1. The number of halogens is 2. The highest BCUT2D eigenvalue weighted by molar-refractivity contribution is 9.10. The first kappa shape index (κ1) is 24.3. The molecule has 2 heterocycles. The van der Waals surface area contributed by atoms with Crippen molar-refractivity contribution in [3.05, 3.63) is 81.6 Å². The van der Waals surface area contributed by atoms with Crippen LogP contribution in [0.1, 0.15) is 11.1 Å². The van der Waals surface area contributed by atoms with Gasteiger partial charge in [0, 0.05) is 6.07 Å². The zero-order valence-corrected chi connectivity index (χ0v) is 20.8. The Labute approximate surface area is 218 Å². The number of anilines is 1. The van der Waals surface area contributed by atoms with Gasteiger partial charge in [-0.25, -0.2) is 14.1 Å². The molecular weight excluding hydrogens is 551 g/mol. The lowest BCUT2D eigenvalue weighted by molar-refractivity contribution is -0.122. The molecule has 188 valence electrons. The summed E-state index contributed by atoms with van der Waals surface area (Å²) >= 11 is 3.44. The lowest BCUT2D eigenvalue weighted by Crippen LogP contribution is -2.54. The van der Waals surface area contributed by atoms with Gasteiger partial charge in [-0.05, 0) is 69.5 Å². The van der Waals surface area contributed by atoms with Gasteiger partial charge >= 0.3 is 6.03 Å². The van der Waals surface area contributed by atoms with Gasteiger partial charge < -0.3 is 18.9 Å². The van der Waals surface area contributed by atoms with Crippen LogP contribution in [-0.4, -0.2) is 31.7 Å². The molecule has 37 heavy (non-hydrogen) atoms. The zero-order chi connectivity index (χ0) is 26.1. The molecule has 11 heteroatoms. The fraction of sp³-hybridized carbons (Fsp3) is 0.115. The molecule has 0 atom stereocenters. The van der Waals surface area contributed by atoms with Crippen LogP contribution in [0.4, 0.5) is 14.9 Å². The Balaban J connectivity index is 1.43. The van der Waals surface area contributed by atoms with E-state index in [1.807, 2.05) is 0 Å². The summed E-state index contributed by atoms with van der Waals surface area (Å²) in [5, 5.41) is 2.19. The van der Waals surface area contributed by atoms with Gasteiger partial charge in [-0.1, -0.05) is 12.1 Å². The number of hydrogen-bond acceptors (Lipinski definition) is 7. The predicted octanol–water partition coefficient (Wildman–Crippen LogP) is 4.57. The summed E-state index contributed by atoms with van der Waals surface area (Å²) in [5.41, 5.74) is 1.15. The Morgan fingerprint density at radius 2 is 1.81 bits per heavy atom. The first-order valence-electron chi connectivity index (χ1n) is 10.9. The molecule has 0 radical (unpaired) electrons. The monoisotopic (exact) mass is 568 g/mol. The van der Waals surface area contributed by atoms with Gasteiger partial charge in [0.25, 0.3) is 11.8 Å². The van der Waals surface area contributed by atoms with E-state index in [4.69, 9.17) is 18.9 Å². The zero-order valence-electron chi connectivity index (χ0n) is 19.2. The first-order chi connectivity index (χ1) is 17.8. The maximum atomic E-state index is 13.3. The summed E-state index contributed by atoms with van der Waals surface area (Å²) in [7, 11) is 1.45. The molecule has 2 aliphatic heterocycles. The number of urea groups is 1. The van der Waals surface area contributed by atoms with E-state index in [1.54, 1.807) is 30.3 Å². The third-order valence-corrected chi connectivity index (χ3v) is 6.16. The van der Waals surface area contributed by atoms with Crippen molar-refractivity contribution < 1.29 is 37.7 Å². The van der Waals surface area contributed by atoms with Gasteiger partial charge in [0.1, 0.15) is 18.0 Å². The Kier molecular flexibility index (Phi) is 6.53. The molecule has 0 bridgehead atoms. The fourth-order valence-electron chi connectivity index (χ4n) is 3.78. The number of rotatable bonds is 6. The van der Waals surface area contributed by atoms with Gasteiger partial charge in [0.05, 0.1) is 17.3 Å². The Morgan fingerprint density at radius 1 is 1.05 bits per heavy atom. The van der Waals surface area contributed by atoms with Gasteiger partial charge in [0.2, 0.25) is 6.79 Å². The highest BCUT2D eigenvalue weighted by atomic mass is 79.9. The number of methoxy groups -OCH3 is 1. The normalized spacial score (nSPS) is 15.7. The summed E-state index contributed by atoms with van der Waals surface area (Å²) in [5.74, 6) is -0.413. The van der Waals surface area contributed by atoms with E-state index in [9.17, 15) is 18.8 Å². The molecule has 3 aromatic carbocycles. The summed E-state index contributed by atoms with van der Waals surface area (Å²) in [6, 6.07) is 12.8. The van der Waals surface area contributed by atoms with Crippen LogP contribution in [0.25, 0.3) is 6.08 Å². The Morgan fingerprint density at radius 3 is 2.57 bits per heavy atom. The standard InChI is InChI=1S/C26H18BrFN2O7/c1-34-22-10-15(9-19(27)23(22)35-12-14-2-4-16(28)5-3-14)8-18-24(31)29-26(33)30(25(18)32)17-6-7-20-21(11-17)37-13-36-20/h2-11H,12-13H2,1H3,(H,29,31,33)/b18-8+. The van der Waals surface area contributed by atoms with E-state index in [0.29, 0.717) is 33.0 Å². The molecule has 9 nitrogen and oxygen atoms in total. The van der Waals surface area contributed by atoms with Gasteiger partial charge in [-0.2, -0.15) is 0 Å². The van der Waals surface area contributed by atoms with Gasteiger partial charge in [-0.3, -0.25) is 14.9 Å². The summed E-state index contributed by atoms with van der Waals surface area (Å²) in [6.07, 6.45) is 1.35. The molecule has 4 amide bonds. The maximum absolute atomic E-state index is 13.3. The third-order valence-electron chi connectivity index (χ3n) is 5.58. The second kappa shape index (κ2) is 9.94. The second-order valence-electron chi connectivity index (χ2n) is 7.94. The van der Waals surface area contributed by atoms with E-state index in [2.05, 4.69) is 21.2 Å². The number of benzene rings is 3. The number of barbiturate groups is 1. The SMILES string of the molecule is COc1cc(/C=C2\C(=O)NC(=O)N(c3ccc4c(c3)OCO4)C2=O)cc(Br)c1OCc1ccc(F)cc1. The van der Waals surface area contributed by atoms with E-state index in [1.165, 1.54) is 37.5 Å². The molecule has 1 N–H and O–H groups in total. The van der Waals surface area contributed by atoms with Crippen molar-refractivity contribution in [2.24, 2.45) is 0 Å². The van der Waals surface area contributed by atoms with Gasteiger partial charge in [0.15, 0.2) is 23.0 Å². The molecular formula is C26H18BrFN2O7. The Hall–Kier alpha value is -4.38. The number of carbonyl (C=O) groups is 3. The molecule has 2 aliphatic rings. The maximum Gasteiger partial charge on any atom is 0.335 e. The lowest BCUT2D eigenvalue weighted by Gasteiger charge is -2.26. The number of ether oxygens (including phenoxy) is 4. The number of hydrogen-bond donors (Lipinski definition) is 1. The van der Waals surface area contributed by atoms with Crippen LogP contribution in [0, 0.1) is 5.82 Å². The van der Waals surface area contributed by atoms with Crippen LogP contribution >= 0.6 is 15.9 Å². The average Bonchev–Trinajstić information content (AvgIpc) is 3.34. The van der Waals surface area contributed by atoms with Crippen LogP contribution < -0.4 is 29.2 Å². The number of carbonyl (C=O) groups excluding carboxylic acids is 3. The molecule has 0 aliphatic carbocycles. The summed E-state index contributed by atoms with van der Waals surface area (Å²) in [6.45, 7) is 0.187. The number of nitrogens with zero attached hydrogens (tertiary/aromatic N) is 1. The minimum absolute atomic E-state index is 0.0306. The van der Waals surface area contributed by atoms with Crippen molar-refractivity contribution >= 4 is 45.5 Å². The number of nitrogens with one attached hydrogen (secondary N) is 1. The predicted molar refractivity (Wildman–Crippen MR) is 133 cm³/mol. The number of fused-ring (bicyclic) bond motifs is 1. The van der Waals surface area contributed by atoms with Crippen LogP contribution in [-0.2, 0) is 16.2 Å².